The summed E-state index contributed by atoms with van der Waals surface area (Å²) in [4.78, 5) is 25.0. The fourth-order valence-electron chi connectivity index (χ4n) is 3.01. The fraction of sp³-hybridized carbons (Fsp3) is 0.412. The number of rotatable bonds is 4. The minimum absolute atomic E-state index is 0.0257. The summed E-state index contributed by atoms with van der Waals surface area (Å²) < 4.78 is 1.59. The highest BCUT2D eigenvalue weighted by Crippen LogP contribution is 2.28. The molecule has 0 bridgehead atoms. The van der Waals surface area contributed by atoms with Gasteiger partial charge < -0.3 is 9.88 Å². The third kappa shape index (κ3) is 3.72. The van der Waals surface area contributed by atoms with E-state index in [4.69, 9.17) is 11.6 Å². The van der Waals surface area contributed by atoms with Crippen LogP contribution in [0.3, 0.4) is 0 Å². The van der Waals surface area contributed by atoms with E-state index in [9.17, 15) is 9.59 Å². The molecule has 0 aliphatic heterocycles. The van der Waals surface area contributed by atoms with Crippen LogP contribution < -0.4 is 10.9 Å². The van der Waals surface area contributed by atoms with Gasteiger partial charge in [-0.05, 0) is 31.0 Å². The van der Waals surface area contributed by atoms with E-state index >= 15 is 0 Å². The second-order valence-electron chi connectivity index (χ2n) is 5.90. The Kier molecular flexibility index (Phi) is 4.97. The lowest BCUT2D eigenvalue weighted by molar-refractivity contribution is -0.119. The quantitative estimate of drug-likeness (QED) is 0.860. The minimum Gasteiger partial charge on any atom is -0.353 e. The monoisotopic (exact) mass is 350 g/mol. The zero-order valence-corrected chi connectivity index (χ0v) is 14.5. The Hall–Kier alpha value is -1.46. The van der Waals surface area contributed by atoms with Crippen molar-refractivity contribution in [2.45, 2.75) is 36.6 Å². The smallest absolute Gasteiger partial charge is 0.251 e. The molecule has 0 radical (unpaired) electrons. The highest BCUT2D eigenvalue weighted by Gasteiger charge is 2.17. The lowest BCUT2D eigenvalue weighted by Crippen LogP contribution is -2.33. The second kappa shape index (κ2) is 6.97. The SMILES string of the molecule is Cn1c(=O)cc(SCC(=O)NC2CCCC2)c2cc(Cl)ccc21. The highest BCUT2D eigenvalue weighted by atomic mass is 35.5. The molecule has 1 saturated carbocycles. The number of hydrogen-bond donors (Lipinski definition) is 1. The van der Waals surface area contributed by atoms with Crippen LogP contribution in [0.25, 0.3) is 10.9 Å². The molecule has 6 heteroatoms. The number of halogens is 1. The lowest BCUT2D eigenvalue weighted by atomic mass is 10.2. The number of carbonyl (C=O) groups is 1. The van der Waals surface area contributed by atoms with Crippen molar-refractivity contribution in [2.75, 3.05) is 5.75 Å². The first-order valence-corrected chi connectivity index (χ1v) is 9.12. The number of amides is 1. The number of pyridine rings is 1. The molecule has 1 aliphatic carbocycles. The summed E-state index contributed by atoms with van der Waals surface area (Å²) in [5.41, 5.74) is 0.735. The first kappa shape index (κ1) is 16.4. The number of nitrogens with one attached hydrogen (secondary N) is 1. The molecule has 1 fully saturated rings. The van der Waals surface area contributed by atoms with E-state index < -0.39 is 0 Å². The van der Waals surface area contributed by atoms with Gasteiger partial charge in [-0.25, -0.2) is 0 Å². The van der Waals surface area contributed by atoms with Crippen molar-refractivity contribution in [1.82, 2.24) is 9.88 Å². The highest BCUT2D eigenvalue weighted by molar-refractivity contribution is 8.00. The topological polar surface area (TPSA) is 51.1 Å². The van der Waals surface area contributed by atoms with E-state index in [0.29, 0.717) is 16.8 Å². The molecule has 3 rings (SSSR count). The zero-order chi connectivity index (χ0) is 16.4. The molecule has 1 heterocycles. The molecule has 0 atom stereocenters. The van der Waals surface area contributed by atoms with Gasteiger partial charge in [-0.15, -0.1) is 11.8 Å². The molecule has 1 N–H and O–H groups in total. The number of fused-ring (bicyclic) bond motifs is 1. The average molecular weight is 351 g/mol. The summed E-state index contributed by atoms with van der Waals surface area (Å²) in [6, 6.07) is 7.34. The van der Waals surface area contributed by atoms with Crippen LogP contribution >= 0.6 is 23.4 Å². The standard InChI is InChI=1S/C17H19ClN2O2S/c1-20-14-7-6-11(18)8-13(14)15(9-17(20)22)23-10-16(21)19-12-4-2-3-5-12/h6-9,12H,2-5,10H2,1H3,(H,19,21). The average Bonchev–Trinajstić information content (AvgIpc) is 3.02. The van der Waals surface area contributed by atoms with E-state index in [1.165, 1.54) is 24.6 Å². The van der Waals surface area contributed by atoms with E-state index in [1.54, 1.807) is 23.7 Å². The third-order valence-corrected chi connectivity index (χ3v) is 5.54. The Morgan fingerprint density at radius 3 is 2.83 bits per heavy atom. The van der Waals surface area contributed by atoms with Crippen molar-refractivity contribution >= 4 is 40.2 Å². The zero-order valence-electron chi connectivity index (χ0n) is 13.0. The van der Waals surface area contributed by atoms with Crippen LogP contribution in [0, 0.1) is 0 Å². The third-order valence-electron chi connectivity index (χ3n) is 4.25. The van der Waals surface area contributed by atoms with Crippen LogP contribution in [0.2, 0.25) is 5.02 Å². The maximum atomic E-state index is 12.1. The Balaban J connectivity index is 1.79. The van der Waals surface area contributed by atoms with Crippen LogP contribution in [0.1, 0.15) is 25.7 Å². The van der Waals surface area contributed by atoms with Crippen LogP contribution in [-0.2, 0) is 11.8 Å². The number of nitrogens with zero attached hydrogens (tertiary/aromatic N) is 1. The Morgan fingerprint density at radius 2 is 2.09 bits per heavy atom. The summed E-state index contributed by atoms with van der Waals surface area (Å²) in [6.07, 6.45) is 4.52. The molecule has 23 heavy (non-hydrogen) atoms. The molecule has 0 spiro atoms. The summed E-state index contributed by atoms with van der Waals surface area (Å²) >= 11 is 7.47. The summed E-state index contributed by atoms with van der Waals surface area (Å²) in [7, 11) is 1.74. The van der Waals surface area contributed by atoms with Gasteiger partial charge in [-0.1, -0.05) is 24.4 Å². The Bertz CT molecular complexity index is 797. The van der Waals surface area contributed by atoms with Gasteiger partial charge in [0.1, 0.15) is 0 Å². The largest absolute Gasteiger partial charge is 0.353 e. The molecule has 1 aromatic heterocycles. The van der Waals surface area contributed by atoms with Crippen LogP contribution in [-0.4, -0.2) is 22.3 Å². The molecular weight excluding hydrogens is 332 g/mol. The molecule has 0 saturated heterocycles. The van der Waals surface area contributed by atoms with E-state index in [-0.39, 0.29) is 11.5 Å². The summed E-state index contributed by atoms with van der Waals surface area (Å²) in [5.74, 6) is 0.336. The van der Waals surface area contributed by atoms with E-state index in [1.807, 2.05) is 12.1 Å². The Labute approximate surface area is 144 Å². The van der Waals surface area contributed by atoms with E-state index in [2.05, 4.69) is 5.32 Å². The molecule has 2 aromatic rings. The van der Waals surface area contributed by atoms with Gasteiger partial charge in [0.05, 0.1) is 11.3 Å². The fourth-order valence-corrected chi connectivity index (χ4v) is 4.05. The summed E-state index contributed by atoms with van der Waals surface area (Å²) in [6.45, 7) is 0. The molecule has 122 valence electrons. The maximum Gasteiger partial charge on any atom is 0.251 e. The van der Waals surface area contributed by atoms with Crippen molar-refractivity contribution in [2.24, 2.45) is 7.05 Å². The summed E-state index contributed by atoms with van der Waals surface area (Å²) in [5, 5.41) is 4.59. The normalized spacial score (nSPS) is 15.2. The van der Waals surface area contributed by atoms with Crippen molar-refractivity contribution < 1.29 is 4.79 Å². The number of carbonyl (C=O) groups excluding carboxylic acids is 1. The predicted molar refractivity (Wildman–Crippen MR) is 95.3 cm³/mol. The molecule has 4 nitrogen and oxygen atoms in total. The van der Waals surface area contributed by atoms with Crippen LogP contribution in [0.4, 0.5) is 0 Å². The van der Waals surface area contributed by atoms with Gasteiger partial charge in [0, 0.05) is 34.5 Å². The predicted octanol–water partition coefficient (Wildman–Crippen LogP) is 3.34. The number of aromatic nitrogens is 1. The van der Waals surface area contributed by atoms with Crippen molar-refractivity contribution in [3.63, 3.8) is 0 Å². The first-order chi connectivity index (χ1) is 11.0. The molecule has 0 unspecified atom stereocenters. The first-order valence-electron chi connectivity index (χ1n) is 7.76. The maximum absolute atomic E-state index is 12.1. The number of hydrogen-bond acceptors (Lipinski definition) is 3. The van der Waals surface area contributed by atoms with Crippen molar-refractivity contribution in [3.05, 3.63) is 39.6 Å². The van der Waals surface area contributed by atoms with E-state index in [0.717, 1.165) is 28.6 Å². The molecule has 1 amide bonds. The molecular formula is C17H19ClN2O2S. The Morgan fingerprint density at radius 1 is 1.35 bits per heavy atom. The van der Waals surface area contributed by atoms with Crippen molar-refractivity contribution in [3.8, 4) is 0 Å². The van der Waals surface area contributed by atoms with Gasteiger partial charge in [0.15, 0.2) is 0 Å². The second-order valence-corrected chi connectivity index (χ2v) is 7.36. The number of thioether (sulfide) groups is 1. The minimum atomic E-state index is -0.0847. The van der Waals surface area contributed by atoms with Crippen LogP contribution in [0.5, 0.6) is 0 Å². The van der Waals surface area contributed by atoms with Gasteiger partial charge in [-0.2, -0.15) is 0 Å². The van der Waals surface area contributed by atoms with Crippen molar-refractivity contribution in [1.29, 1.82) is 0 Å². The van der Waals surface area contributed by atoms with Crippen LogP contribution in [0.15, 0.2) is 34.0 Å². The molecule has 1 aliphatic rings. The van der Waals surface area contributed by atoms with Gasteiger partial charge in [0.25, 0.3) is 5.56 Å². The molecule has 1 aromatic carbocycles. The number of aryl methyl sites for hydroxylation is 1. The van der Waals surface area contributed by atoms with Gasteiger partial charge in [0.2, 0.25) is 5.91 Å². The van der Waals surface area contributed by atoms with Gasteiger partial charge >= 0.3 is 0 Å². The lowest BCUT2D eigenvalue weighted by Gasteiger charge is -2.13. The number of benzene rings is 1. The van der Waals surface area contributed by atoms with Gasteiger partial charge in [-0.3, -0.25) is 9.59 Å².